The first-order valence-electron chi connectivity index (χ1n) is 20.0. The Balaban J connectivity index is 1.02. The quantitative estimate of drug-likeness (QED) is 0.147. The molecule has 6 heterocycles. The van der Waals surface area contributed by atoms with E-state index in [-0.39, 0.29) is 42.7 Å². The molecule has 3 aromatic rings. The van der Waals surface area contributed by atoms with Gasteiger partial charge in [0.1, 0.15) is 29.7 Å². The maximum Gasteiger partial charge on any atom is 0.229 e. The smallest absolute Gasteiger partial charge is 0.229 e. The van der Waals surface area contributed by atoms with Crippen LogP contribution >= 0.6 is 0 Å². The molecule has 0 aliphatic carbocycles. The third kappa shape index (κ3) is 8.72. The van der Waals surface area contributed by atoms with Gasteiger partial charge in [-0.05, 0) is 57.6 Å². The van der Waals surface area contributed by atoms with E-state index in [1.165, 1.54) is 0 Å². The maximum absolute atomic E-state index is 16.7. The first kappa shape index (κ1) is 39.4. The number of aryl methyl sites for hydroxylation is 1. The number of hydrogen-bond donors (Lipinski definition) is 9. The predicted molar refractivity (Wildman–Crippen MR) is 217 cm³/mol. The van der Waals surface area contributed by atoms with Gasteiger partial charge in [0.25, 0.3) is 0 Å². The molecule has 306 valence electrons. The summed E-state index contributed by atoms with van der Waals surface area (Å²) in [5.41, 5.74) is 5.12. The van der Waals surface area contributed by atoms with E-state index in [2.05, 4.69) is 49.1 Å². The summed E-state index contributed by atoms with van der Waals surface area (Å²) >= 11 is 0. The summed E-state index contributed by atoms with van der Waals surface area (Å²) in [4.78, 5) is 11.3. The van der Waals surface area contributed by atoms with Gasteiger partial charge in [0.2, 0.25) is 5.95 Å². The molecule has 5 aliphatic rings. The third-order valence-electron chi connectivity index (χ3n) is 11.2. The van der Waals surface area contributed by atoms with E-state index in [0.717, 1.165) is 17.5 Å². The van der Waals surface area contributed by atoms with Gasteiger partial charge >= 0.3 is 0 Å². The summed E-state index contributed by atoms with van der Waals surface area (Å²) in [6.07, 6.45) is 4.56. The van der Waals surface area contributed by atoms with E-state index < -0.39 is 23.8 Å². The van der Waals surface area contributed by atoms with E-state index in [1.807, 2.05) is 44.1 Å². The molecule has 0 radical (unpaired) electrons. The van der Waals surface area contributed by atoms with E-state index in [0.29, 0.717) is 110 Å². The Morgan fingerprint density at radius 3 is 2.56 bits per heavy atom. The molecule has 0 saturated carbocycles. The maximum atomic E-state index is 16.7. The van der Waals surface area contributed by atoms with Crippen LogP contribution in [0.4, 0.5) is 31.9 Å². The molecule has 6 atom stereocenters. The second-order valence-corrected chi connectivity index (χ2v) is 15.9. The number of nitrogens with one attached hydrogen (secondary N) is 7. The minimum atomic E-state index is -0.666. The second-order valence-electron chi connectivity index (χ2n) is 15.9. The molecule has 0 amide bonds. The van der Waals surface area contributed by atoms with Crippen molar-refractivity contribution in [3.8, 4) is 11.5 Å². The van der Waals surface area contributed by atoms with Gasteiger partial charge in [0, 0.05) is 80.8 Å². The zero-order valence-electron chi connectivity index (χ0n) is 32.9. The zero-order valence-corrected chi connectivity index (χ0v) is 32.9. The molecule has 6 unspecified atom stereocenters. The minimum Gasteiger partial charge on any atom is -0.492 e. The summed E-state index contributed by atoms with van der Waals surface area (Å²) in [7, 11) is 3.82. The lowest BCUT2D eigenvalue weighted by atomic mass is 9.95. The molecule has 2 aromatic carbocycles. The van der Waals surface area contributed by atoms with Crippen molar-refractivity contribution >= 4 is 34.3 Å². The highest BCUT2D eigenvalue weighted by molar-refractivity contribution is 5.79. The Hall–Kier alpha value is -4.42. The van der Waals surface area contributed by atoms with Gasteiger partial charge in [-0.3, -0.25) is 10.6 Å². The number of likely N-dealkylation sites (N-methyl/N-ethyl adjacent to an activating group) is 1. The number of nitrogens with zero attached hydrogens (tertiary/aromatic N) is 3. The summed E-state index contributed by atoms with van der Waals surface area (Å²) in [5.74, 6) is 0.834. The van der Waals surface area contributed by atoms with Crippen LogP contribution in [0.2, 0.25) is 0 Å². The highest BCUT2D eigenvalue weighted by atomic mass is 19.1. The van der Waals surface area contributed by atoms with Gasteiger partial charge in [-0.25, -0.2) is 13.8 Å². The van der Waals surface area contributed by atoms with Crippen molar-refractivity contribution in [3.63, 3.8) is 0 Å². The average Bonchev–Trinajstić information content (AvgIpc) is 3.68. The normalized spacial score (nSPS) is 26.2. The van der Waals surface area contributed by atoms with Gasteiger partial charge < -0.3 is 51.2 Å². The van der Waals surface area contributed by atoms with E-state index >= 15 is 8.78 Å². The fourth-order valence-electron chi connectivity index (χ4n) is 8.52. The Morgan fingerprint density at radius 2 is 1.72 bits per heavy atom. The van der Waals surface area contributed by atoms with Crippen LogP contribution in [-0.4, -0.2) is 115 Å². The van der Waals surface area contributed by atoms with Crippen molar-refractivity contribution in [1.29, 1.82) is 0 Å². The Bertz CT molecular complexity index is 2050. The molecule has 1 saturated heterocycles. The molecule has 1 fully saturated rings. The van der Waals surface area contributed by atoms with Gasteiger partial charge in [-0.15, -0.1) is 0 Å². The monoisotopic (exact) mass is 788 g/mol. The minimum absolute atomic E-state index is 0.0577. The fraction of sp³-hybridized carbons (Fsp3) is 0.512. The number of aliphatic hydroxyl groups excluding tert-OH is 2. The molecular formula is C41H54F2N10O4. The van der Waals surface area contributed by atoms with Crippen LogP contribution in [0.5, 0.6) is 11.5 Å². The van der Waals surface area contributed by atoms with Crippen molar-refractivity contribution in [1.82, 2.24) is 36.1 Å². The number of ether oxygens (including phenoxy) is 2. The number of hydrogen-bond acceptors (Lipinski definition) is 14. The number of halogens is 2. The molecule has 16 heteroatoms. The number of benzene rings is 2. The number of rotatable bonds is 10. The van der Waals surface area contributed by atoms with Crippen LogP contribution in [0.1, 0.15) is 54.1 Å². The van der Waals surface area contributed by atoms with E-state index in [1.54, 1.807) is 12.1 Å². The van der Waals surface area contributed by atoms with E-state index in [9.17, 15) is 10.2 Å². The molecule has 14 nitrogen and oxygen atoms in total. The average molecular weight is 789 g/mol. The summed E-state index contributed by atoms with van der Waals surface area (Å²) in [6.45, 7) is 6.75. The lowest BCUT2D eigenvalue weighted by Gasteiger charge is -2.37. The molecule has 0 spiro atoms. The van der Waals surface area contributed by atoms with Crippen molar-refractivity contribution in [2.75, 3.05) is 69.4 Å². The third-order valence-corrected chi connectivity index (χ3v) is 11.2. The first-order valence-corrected chi connectivity index (χ1v) is 20.0. The largest absolute Gasteiger partial charge is 0.492 e. The number of fused-ring (bicyclic) bond motifs is 2. The Labute approximate surface area is 331 Å². The van der Waals surface area contributed by atoms with Gasteiger partial charge in [0.05, 0.1) is 54.0 Å². The van der Waals surface area contributed by atoms with Gasteiger partial charge in [-0.2, -0.15) is 4.98 Å². The van der Waals surface area contributed by atoms with E-state index in [4.69, 9.17) is 14.5 Å². The summed E-state index contributed by atoms with van der Waals surface area (Å²) < 4.78 is 45.6. The number of aromatic nitrogens is 2. The highest BCUT2D eigenvalue weighted by Crippen LogP contribution is 2.44. The fourth-order valence-corrected chi connectivity index (χ4v) is 8.52. The summed E-state index contributed by atoms with van der Waals surface area (Å²) in [6, 6.07) is 5.58. The van der Waals surface area contributed by atoms with Crippen molar-refractivity contribution in [2.45, 2.75) is 82.8 Å². The van der Waals surface area contributed by atoms with Gasteiger partial charge in [0.15, 0.2) is 11.6 Å². The lowest BCUT2D eigenvalue weighted by Crippen LogP contribution is -2.63. The molecule has 1 aromatic heterocycles. The molecular weight excluding hydrogens is 735 g/mol. The first-order chi connectivity index (χ1) is 27.5. The zero-order chi connectivity index (χ0) is 39.8. The van der Waals surface area contributed by atoms with Crippen LogP contribution in [0, 0.1) is 18.6 Å². The van der Waals surface area contributed by atoms with Crippen molar-refractivity contribution in [3.05, 3.63) is 69.9 Å². The second kappa shape index (κ2) is 16.8. The SMILES string of the molecule is CNC1CC(C)NC(Nc2cc3c(c(C4=CCNCC(O)C4)c2F)OC(CNc2cc(C)nc(Nc4cc5c(c(C6=CCN(C)CC(O)C6)c4F)OCC5)n2)C3)N1. The van der Waals surface area contributed by atoms with Crippen LogP contribution in [0.15, 0.2) is 30.4 Å². The Kier molecular flexibility index (Phi) is 11.6. The number of β-amino-alcohol motifs (C(OH)–C–C–N with tert-alkyl or cyclic N) is 2. The van der Waals surface area contributed by atoms with Gasteiger partial charge in [-0.1, -0.05) is 12.2 Å². The van der Waals surface area contributed by atoms with Crippen LogP contribution < -0.4 is 46.7 Å². The van der Waals surface area contributed by atoms with Crippen molar-refractivity contribution < 1.29 is 28.5 Å². The lowest BCUT2D eigenvalue weighted by molar-refractivity contribution is 0.139. The molecule has 0 bridgehead atoms. The van der Waals surface area contributed by atoms with Crippen LogP contribution in [-0.2, 0) is 12.8 Å². The topological polar surface area (TPSA) is 172 Å². The number of aliphatic hydroxyl groups is 2. The predicted octanol–water partition coefficient (Wildman–Crippen LogP) is 3.19. The van der Waals surface area contributed by atoms with Crippen LogP contribution in [0.3, 0.4) is 0 Å². The standard InChI is InChI=1S/C41H54F2N10O4/c1-21-11-32(44-3)51-40(47-21)50-31-17-26-15-29(57-39(26)35(37(31)43)23-5-8-45-18-27(54)13-23)19-46-33-12-22(2)48-41(52-33)49-30-16-25-7-10-56-38(25)34(36(30)42)24-6-9-53(4)20-28(55)14-24/h5-6,12,16-17,21,27-29,32,40,44-45,47,50-51,54-55H,7-11,13-15,18-20H2,1-4H3,(H2,46,48,49,52). The summed E-state index contributed by atoms with van der Waals surface area (Å²) in [5, 5.41) is 44.5. The molecule has 8 rings (SSSR count). The molecule has 9 N–H and O–H groups in total. The molecule has 57 heavy (non-hydrogen) atoms. The van der Waals surface area contributed by atoms with Crippen LogP contribution in [0.25, 0.3) is 11.1 Å². The highest BCUT2D eigenvalue weighted by Gasteiger charge is 2.34. The Morgan fingerprint density at radius 1 is 0.947 bits per heavy atom. The number of anilines is 4. The molecule has 5 aliphatic heterocycles. The van der Waals surface area contributed by atoms with Crippen molar-refractivity contribution in [2.24, 2.45) is 0 Å².